The zero-order chi connectivity index (χ0) is 15.8. The van der Waals surface area contributed by atoms with Crippen LogP contribution in [0.25, 0.3) is 5.69 Å². The maximum Gasteiger partial charge on any atom is 0.416 e. The van der Waals surface area contributed by atoms with Gasteiger partial charge in [-0.25, -0.2) is 4.98 Å². The van der Waals surface area contributed by atoms with Crippen LogP contribution in [0.3, 0.4) is 0 Å². The van der Waals surface area contributed by atoms with E-state index in [4.69, 9.17) is 5.73 Å². The van der Waals surface area contributed by atoms with Gasteiger partial charge in [-0.05, 0) is 30.5 Å². The molecule has 0 aliphatic heterocycles. The van der Waals surface area contributed by atoms with E-state index in [1.807, 2.05) is 13.8 Å². The first-order valence-electron chi connectivity index (χ1n) is 6.68. The Bertz CT molecular complexity index is 629. The highest BCUT2D eigenvalue weighted by Crippen LogP contribution is 2.33. The lowest BCUT2D eigenvalue weighted by Crippen LogP contribution is -2.20. The summed E-state index contributed by atoms with van der Waals surface area (Å²) in [6.07, 6.45) is -1.29. The summed E-state index contributed by atoms with van der Waals surface area (Å²) in [4.78, 5) is 4.02. The second kappa shape index (κ2) is 5.52. The Kier molecular flexibility index (Phi) is 4.09. The predicted molar refractivity (Wildman–Crippen MR) is 75.1 cm³/mol. The Labute approximate surface area is 121 Å². The van der Waals surface area contributed by atoms with E-state index in [-0.39, 0.29) is 17.5 Å². The molecule has 0 saturated heterocycles. The topological polar surface area (TPSA) is 43.8 Å². The number of aryl methyl sites for hydroxylation is 1. The van der Waals surface area contributed by atoms with Crippen LogP contribution in [0.5, 0.6) is 0 Å². The van der Waals surface area contributed by atoms with Crippen molar-refractivity contribution in [3.8, 4) is 5.69 Å². The Hall–Kier alpha value is -1.82. The van der Waals surface area contributed by atoms with Crippen LogP contribution in [-0.4, -0.2) is 9.55 Å². The molecule has 3 nitrogen and oxygen atoms in total. The number of nitrogens with two attached hydrogens (primary N) is 1. The van der Waals surface area contributed by atoms with Crippen molar-refractivity contribution in [3.63, 3.8) is 0 Å². The van der Waals surface area contributed by atoms with Crippen LogP contribution in [0.1, 0.15) is 36.7 Å². The van der Waals surface area contributed by atoms with E-state index >= 15 is 0 Å². The number of imidazole rings is 1. The molecule has 0 amide bonds. The molecule has 0 saturated carbocycles. The first-order valence-corrected chi connectivity index (χ1v) is 6.68. The number of halogens is 3. The molecule has 0 aliphatic rings. The zero-order valence-corrected chi connectivity index (χ0v) is 12.1. The standard InChI is InChI=1S/C15H18F3N3/c1-9(2)14(19)13-7-20-8-21(13)11-5-4-10(3)12(6-11)15(16,17)18/h4-9,14H,19H2,1-3H3. The van der Waals surface area contributed by atoms with Crippen LogP contribution in [-0.2, 0) is 6.18 Å². The lowest BCUT2D eigenvalue weighted by atomic mass is 10.0. The minimum absolute atomic E-state index is 0.160. The van der Waals surface area contributed by atoms with Crippen molar-refractivity contribution >= 4 is 0 Å². The first-order chi connectivity index (χ1) is 9.71. The highest BCUT2D eigenvalue weighted by Gasteiger charge is 2.32. The molecular weight excluding hydrogens is 279 g/mol. The number of nitrogens with zero attached hydrogens (tertiary/aromatic N) is 2. The van der Waals surface area contributed by atoms with Crippen molar-refractivity contribution in [1.82, 2.24) is 9.55 Å². The Morgan fingerprint density at radius 2 is 1.90 bits per heavy atom. The molecule has 1 aromatic heterocycles. The number of hydrogen-bond acceptors (Lipinski definition) is 2. The fourth-order valence-electron chi connectivity index (χ4n) is 2.17. The molecule has 2 rings (SSSR count). The molecule has 1 heterocycles. The summed E-state index contributed by atoms with van der Waals surface area (Å²) in [5.41, 5.74) is 6.76. The van der Waals surface area contributed by atoms with Gasteiger partial charge in [0.05, 0.1) is 23.8 Å². The van der Waals surface area contributed by atoms with E-state index in [2.05, 4.69) is 4.98 Å². The third kappa shape index (κ3) is 3.10. The van der Waals surface area contributed by atoms with Gasteiger partial charge in [0, 0.05) is 11.7 Å². The van der Waals surface area contributed by atoms with Crippen molar-refractivity contribution < 1.29 is 13.2 Å². The minimum atomic E-state index is -4.37. The molecule has 1 unspecified atom stereocenters. The average Bonchev–Trinajstić information content (AvgIpc) is 2.86. The van der Waals surface area contributed by atoms with E-state index in [9.17, 15) is 13.2 Å². The minimum Gasteiger partial charge on any atom is -0.322 e. The molecule has 21 heavy (non-hydrogen) atoms. The third-order valence-corrected chi connectivity index (χ3v) is 3.53. The monoisotopic (exact) mass is 297 g/mol. The summed E-state index contributed by atoms with van der Waals surface area (Å²) in [5.74, 6) is 0.160. The Balaban J connectivity index is 2.52. The SMILES string of the molecule is Cc1ccc(-n2cncc2C(N)C(C)C)cc1C(F)(F)F. The molecule has 6 heteroatoms. The molecule has 1 aromatic carbocycles. The first kappa shape index (κ1) is 15.6. The maximum absolute atomic E-state index is 13.0. The Morgan fingerprint density at radius 1 is 1.24 bits per heavy atom. The quantitative estimate of drug-likeness (QED) is 0.935. The molecule has 1 atom stereocenters. The van der Waals surface area contributed by atoms with Crippen LogP contribution in [0.15, 0.2) is 30.7 Å². The number of rotatable bonds is 3. The smallest absolute Gasteiger partial charge is 0.322 e. The summed E-state index contributed by atoms with van der Waals surface area (Å²) >= 11 is 0. The van der Waals surface area contributed by atoms with E-state index in [0.29, 0.717) is 11.4 Å². The van der Waals surface area contributed by atoms with Gasteiger partial charge in [0.1, 0.15) is 0 Å². The van der Waals surface area contributed by atoms with Crippen molar-refractivity contribution in [2.24, 2.45) is 11.7 Å². The van der Waals surface area contributed by atoms with E-state index < -0.39 is 11.7 Å². The van der Waals surface area contributed by atoms with Gasteiger partial charge in [-0.1, -0.05) is 19.9 Å². The maximum atomic E-state index is 13.0. The zero-order valence-electron chi connectivity index (χ0n) is 12.1. The molecule has 0 radical (unpaired) electrons. The summed E-state index contributed by atoms with van der Waals surface area (Å²) in [7, 11) is 0. The van der Waals surface area contributed by atoms with Crippen molar-refractivity contribution in [3.05, 3.63) is 47.5 Å². The average molecular weight is 297 g/mol. The molecular formula is C15H18F3N3. The lowest BCUT2D eigenvalue weighted by molar-refractivity contribution is -0.138. The number of benzene rings is 1. The largest absolute Gasteiger partial charge is 0.416 e. The second-order valence-electron chi connectivity index (χ2n) is 5.46. The summed E-state index contributed by atoms with van der Waals surface area (Å²) in [5, 5.41) is 0. The van der Waals surface area contributed by atoms with Crippen molar-refractivity contribution in [2.75, 3.05) is 0 Å². The van der Waals surface area contributed by atoms with Gasteiger partial charge in [0.15, 0.2) is 0 Å². The highest BCUT2D eigenvalue weighted by molar-refractivity contribution is 5.43. The molecule has 0 bridgehead atoms. The van der Waals surface area contributed by atoms with E-state index in [1.165, 1.54) is 19.3 Å². The van der Waals surface area contributed by atoms with Crippen LogP contribution in [0, 0.1) is 12.8 Å². The van der Waals surface area contributed by atoms with Gasteiger partial charge in [-0.15, -0.1) is 0 Å². The van der Waals surface area contributed by atoms with Gasteiger partial charge in [0.2, 0.25) is 0 Å². The van der Waals surface area contributed by atoms with E-state index in [1.54, 1.807) is 16.8 Å². The highest BCUT2D eigenvalue weighted by atomic mass is 19.4. The van der Waals surface area contributed by atoms with Crippen LogP contribution < -0.4 is 5.73 Å². The molecule has 0 fully saturated rings. The van der Waals surface area contributed by atoms with Crippen molar-refractivity contribution in [2.45, 2.75) is 33.0 Å². The second-order valence-corrected chi connectivity index (χ2v) is 5.46. The predicted octanol–water partition coefficient (Wildman–Crippen LogP) is 3.86. The molecule has 0 spiro atoms. The van der Waals surface area contributed by atoms with Gasteiger partial charge < -0.3 is 10.3 Å². The number of aromatic nitrogens is 2. The van der Waals surface area contributed by atoms with Crippen LogP contribution in [0.4, 0.5) is 13.2 Å². The van der Waals surface area contributed by atoms with Gasteiger partial charge in [-0.2, -0.15) is 13.2 Å². The molecule has 0 aliphatic carbocycles. The lowest BCUT2D eigenvalue weighted by Gasteiger charge is -2.19. The normalized spacial score (nSPS) is 13.7. The van der Waals surface area contributed by atoms with Gasteiger partial charge in [0.25, 0.3) is 0 Å². The fourth-order valence-corrected chi connectivity index (χ4v) is 2.17. The van der Waals surface area contributed by atoms with Gasteiger partial charge in [-0.3, -0.25) is 0 Å². The van der Waals surface area contributed by atoms with Crippen molar-refractivity contribution in [1.29, 1.82) is 0 Å². The fraction of sp³-hybridized carbons (Fsp3) is 0.400. The van der Waals surface area contributed by atoms with Crippen LogP contribution >= 0.6 is 0 Å². The third-order valence-electron chi connectivity index (χ3n) is 3.53. The molecule has 2 N–H and O–H groups in total. The summed E-state index contributed by atoms with van der Waals surface area (Å²) in [6.45, 7) is 5.36. The molecule has 114 valence electrons. The van der Waals surface area contributed by atoms with Gasteiger partial charge >= 0.3 is 6.18 Å². The van der Waals surface area contributed by atoms with E-state index in [0.717, 1.165) is 6.07 Å². The summed E-state index contributed by atoms with van der Waals surface area (Å²) in [6, 6.07) is 3.95. The number of alkyl halides is 3. The van der Waals surface area contributed by atoms with Crippen LogP contribution in [0.2, 0.25) is 0 Å². The molecule has 2 aromatic rings. The summed E-state index contributed by atoms with van der Waals surface area (Å²) < 4.78 is 40.6. The number of hydrogen-bond donors (Lipinski definition) is 1. The Morgan fingerprint density at radius 3 is 2.48 bits per heavy atom.